The smallest absolute Gasteiger partial charge is 0.189 e. The number of carbonyl (C=O) groups is 1. The van der Waals surface area contributed by atoms with E-state index in [2.05, 4.69) is 11.3 Å². The van der Waals surface area contributed by atoms with Gasteiger partial charge in [-0.1, -0.05) is 19.8 Å². The number of hydrogen-bond donors (Lipinski definition) is 0. The van der Waals surface area contributed by atoms with E-state index in [-0.39, 0.29) is 5.78 Å². The molecule has 2 nitrogen and oxygen atoms in total. The average Bonchev–Trinajstić information content (AvgIpc) is 2.37. The highest BCUT2D eigenvalue weighted by atomic mass is 32.2. The van der Waals surface area contributed by atoms with E-state index in [1.54, 1.807) is 0 Å². The summed E-state index contributed by atoms with van der Waals surface area (Å²) in [6.45, 7) is 2.16. The molecule has 1 aliphatic heterocycles. The van der Waals surface area contributed by atoms with Gasteiger partial charge in [0.2, 0.25) is 0 Å². The molecular formula is C8H13NOS. The van der Waals surface area contributed by atoms with Crippen LogP contribution >= 0.6 is 11.9 Å². The van der Waals surface area contributed by atoms with Crippen LogP contribution in [0, 0.1) is 0 Å². The molecule has 1 aliphatic rings. The molecule has 3 heteroatoms. The van der Waals surface area contributed by atoms with E-state index in [1.165, 1.54) is 24.8 Å². The second-order valence-corrected chi connectivity index (χ2v) is 3.42. The van der Waals surface area contributed by atoms with E-state index >= 15 is 0 Å². The van der Waals surface area contributed by atoms with Crippen LogP contribution in [0.5, 0.6) is 0 Å². The molecule has 0 aromatic rings. The molecule has 0 saturated heterocycles. The number of nitrogens with zero attached hydrogens (tertiary/aromatic N) is 1. The number of carbonyl (C=O) groups excluding carboxylic acids is 1. The fraction of sp³-hybridized carbons (Fsp3) is 0.750. The van der Waals surface area contributed by atoms with Gasteiger partial charge in [-0.2, -0.15) is 0 Å². The largest absolute Gasteiger partial charge is 0.292 e. The third kappa shape index (κ3) is 2.66. The minimum absolute atomic E-state index is 0.242. The molecular weight excluding hydrogens is 158 g/mol. The summed E-state index contributed by atoms with van der Waals surface area (Å²) in [6, 6.07) is 0. The molecule has 0 saturated carbocycles. The monoisotopic (exact) mass is 171 g/mol. The zero-order valence-corrected chi connectivity index (χ0v) is 7.62. The van der Waals surface area contributed by atoms with E-state index in [1.807, 2.05) is 0 Å². The summed E-state index contributed by atoms with van der Waals surface area (Å²) in [7, 11) is 0. The van der Waals surface area contributed by atoms with Gasteiger partial charge in [0.1, 0.15) is 0 Å². The van der Waals surface area contributed by atoms with Gasteiger partial charge in [0.15, 0.2) is 5.78 Å². The number of ketones is 1. The van der Waals surface area contributed by atoms with Gasteiger partial charge >= 0.3 is 0 Å². The first kappa shape index (κ1) is 8.78. The van der Waals surface area contributed by atoms with Crippen molar-refractivity contribution in [2.75, 3.05) is 5.75 Å². The maximum atomic E-state index is 11.0. The lowest BCUT2D eigenvalue weighted by Crippen LogP contribution is -2.10. The van der Waals surface area contributed by atoms with Crippen LogP contribution in [0.4, 0.5) is 0 Å². The first-order chi connectivity index (χ1) is 5.34. The normalized spacial score (nSPS) is 17.2. The van der Waals surface area contributed by atoms with Crippen LogP contribution in [0.1, 0.15) is 32.6 Å². The van der Waals surface area contributed by atoms with Gasteiger partial charge in [-0.25, -0.2) is 4.40 Å². The maximum absolute atomic E-state index is 11.0. The first-order valence-electron chi connectivity index (χ1n) is 4.06. The number of Topliss-reactive ketones (excluding diaryl/α,β-unsaturated/α-hetero) is 1. The molecule has 0 amide bonds. The predicted molar refractivity (Wildman–Crippen MR) is 49.0 cm³/mol. The Balaban J connectivity index is 2.20. The highest BCUT2D eigenvalue weighted by Crippen LogP contribution is 2.15. The molecule has 0 unspecified atom stereocenters. The third-order valence-electron chi connectivity index (χ3n) is 1.71. The lowest BCUT2D eigenvalue weighted by molar-refractivity contribution is -0.110. The number of unbranched alkanes of at least 4 members (excludes halogenated alkanes) is 2. The van der Waals surface area contributed by atoms with Crippen molar-refractivity contribution in [1.82, 2.24) is 0 Å². The molecule has 0 N–H and O–H groups in total. The lowest BCUT2D eigenvalue weighted by atomic mass is 10.1. The highest BCUT2D eigenvalue weighted by molar-refractivity contribution is 7.99. The average molecular weight is 171 g/mol. The van der Waals surface area contributed by atoms with Crippen LogP contribution in [0.15, 0.2) is 4.40 Å². The third-order valence-corrected chi connectivity index (χ3v) is 2.45. The van der Waals surface area contributed by atoms with Gasteiger partial charge in [-0.3, -0.25) is 4.79 Å². The van der Waals surface area contributed by atoms with Gasteiger partial charge < -0.3 is 0 Å². The Morgan fingerprint density at radius 2 is 2.36 bits per heavy atom. The molecule has 62 valence electrons. The molecule has 1 rings (SSSR count). The van der Waals surface area contributed by atoms with Gasteiger partial charge in [0.25, 0.3) is 0 Å². The van der Waals surface area contributed by atoms with Gasteiger partial charge in [-0.05, 0) is 24.8 Å². The van der Waals surface area contributed by atoms with Crippen LogP contribution in [-0.4, -0.2) is 17.2 Å². The van der Waals surface area contributed by atoms with Crippen LogP contribution in [0.25, 0.3) is 0 Å². The molecule has 0 aromatic heterocycles. The lowest BCUT2D eigenvalue weighted by Gasteiger charge is -1.95. The van der Waals surface area contributed by atoms with Crippen molar-refractivity contribution in [2.45, 2.75) is 32.6 Å². The quantitative estimate of drug-likeness (QED) is 0.479. The molecule has 11 heavy (non-hydrogen) atoms. The molecule has 0 radical (unpaired) electrons. The summed E-state index contributed by atoms with van der Waals surface area (Å²) in [5.74, 6) is 0.813. The Labute approximate surface area is 71.6 Å². The van der Waals surface area contributed by atoms with E-state index in [4.69, 9.17) is 0 Å². The molecule has 0 atom stereocenters. The minimum Gasteiger partial charge on any atom is -0.292 e. The van der Waals surface area contributed by atoms with Crippen LogP contribution in [0.2, 0.25) is 0 Å². The Bertz CT molecular complexity index is 177. The summed E-state index contributed by atoms with van der Waals surface area (Å²) in [5.41, 5.74) is 0.809. The van der Waals surface area contributed by atoms with Crippen molar-refractivity contribution in [3.05, 3.63) is 0 Å². The van der Waals surface area contributed by atoms with Crippen LogP contribution < -0.4 is 0 Å². The summed E-state index contributed by atoms with van der Waals surface area (Å²) in [5, 5.41) is 0. The van der Waals surface area contributed by atoms with E-state index in [9.17, 15) is 4.79 Å². The molecule has 1 heterocycles. The summed E-state index contributed by atoms with van der Waals surface area (Å²) in [6.07, 6.45) is 4.41. The maximum Gasteiger partial charge on any atom is 0.189 e. The van der Waals surface area contributed by atoms with Gasteiger partial charge in [0.05, 0.1) is 11.5 Å². The Morgan fingerprint density at radius 3 is 2.91 bits per heavy atom. The zero-order valence-electron chi connectivity index (χ0n) is 6.80. The minimum atomic E-state index is 0.242. The summed E-state index contributed by atoms with van der Waals surface area (Å²) < 4.78 is 4.07. The summed E-state index contributed by atoms with van der Waals surface area (Å²) in [4.78, 5) is 11.0. The molecule has 0 aliphatic carbocycles. The molecule has 0 fully saturated rings. The second kappa shape index (κ2) is 4.54. The molecule has 0 spiro atoms. The standard InChI is InChI=1S/C8H13NOS/c1-2-3-4-5-7-8(10)6-11-9-7/h2-6H2,1H3. The van der Waals surface area contributed by atoms with E-state index < -0.39 is 0 Å². The van der Waals surface area contributed by atoms with Gasteiger partial charge in [-0.15, -0.1) is 0 Å². The van der Waals surface area contributed by atoms with Crippen molar-refractivity contribution in [1.29, 1.82) is 0 Å². The predicted octanol–water partition coefficient (Wildman–Crippen LogP) is 2.24. The Hall–Kier alpha value is -0.310. The number of hydrogen-bond acceptors (Lipinski definition) is 3. The molecule has 0 aromatic carbocycles. The fourth-order valence-corrected chi connectivity index (χ4v) is 1.73. The Morgan fingerprint density at radius 1 is 1.55 bits per heavy atom. The zero-order chi connectivity index (χ0) is 8.10. The van der Waals surface area contributed by atoms with Crippen molar-refractivity contribution in [3.63, 3.8) is 0 Å². The SMILES string of the molecule is CCCCCC1=NSCC1=O. The van der Waals surface area contributed by atoms with Crippen molar-refractivity contribution in [2.24, 2.45) is 4.40 Å². The van der Waals surface area contributed by atoms with Crippen LogP contribution in [0.3, 0.4) is 0 Å². The summed E-state index contributed by atoms with van der Waals surface area (Å²) >= 11 is 1.39. The van der Waals surface area contributed by atoms with E-state index in [0.717, 1.165) is 18.6 Å². The first-order valence-corrected chi connectivity index (χ1v) is 5.01. The molecule has 0 bridgehead atoms. The fourth-order valence-electron chi connectivity index (χ4n) is 1.03. The van der Waals surface area contributed by atoms with Crippen molar-refractivity contribution in [3.8, 4) is 0 Å². The Kier molecular flexibility index (Phi) is 3.63. The van der Waals surface area contributed by atoms with Crippen molar-refractivity contribution >= 4 is 23.4 Å². The van der Waals surface area contributed by atoms with E-state index in [0.29, 0.717) is 5.75 Å². The van der Waals surface area contributed by atoms with Crippen molar-refractivity contribution < 1.29 is 4.79 Å². The number of rotatable bonds is 4. The van der Waals surface area contributed by atoms with Gasteiger partial charge in [0, 0.05) is 0 Å². The highest BCUT2D eigenvalue weighted by Gasteiger charge is 2.16. The second-order valence-electron chi connectivity index (χ2n) is 2.69. The topological polar surface area (TPSA) is 29.4 Å². The van der Waals surface area contributed by atoms with Crippen LogP contribution in [-0.2, 0) is 4.79 Å².